The van der Waals surface area contributed by atoms with Gasteiger partial charge in [-0.3, -0.25) is 9.59 Å². The Morgan fingerprint density at radius 3 is 2.56 bits per heavy atom. The van der Waals surface area contributed by atoms with Gasteiger partial charge in [0.05, 0.1) is 12.3 Å². The van der Waals surface area contributed by atoms with E-state index in [9.17, 15) is 9.59 Å². The van der Waals surface area contributed by atoms with Gasteiger partial charge < -0.3 is 15.2 Å². The lowest BCUT2D eigenvalue weighted by molar-refractivity contribution is -0.113. The van der Waals surface area contributed by atoms with Crippen molar-refractivity contribution in [2.24, 2.45) is 0 Å². The minimum absolute atomic E-state index is 0.119. The van der Waals surface area contributed by atoms with Gasteiger partial charge in [0.1, 0.15) is 0 Å². The summed E-state index contributed by atoms with van der Waals surface area (Å²) in [5, 5.41) is 14.9. The third-order valence-electron chi connectivity index (χ3n) is 5.11. The summed E-state index contributed by atoms with van der Waals surface area (Å²) in [6.45, 7) is 10.4. The van der Waals surface area contributed by atoms with E-state index in [-0.39, 0.29) is 24.1 Å². The van der Waals surface area contributed by atoms with Crippen molar-refractivity contribution in [1.82, 2.24) is 20.1 Å². The molecule has 8 heteroatoms. The van der Waals surface area contributed by atoms with Crippen molar-refractivity contribution in [2.45, 2.75) is 39.0 Å². The SMILES string of the molecule is C=CCn1c(CNC(=O)c2ccccc2C)nnc1SCC(=O)Nc1cccc(C)c1C. The maximum absolute atomic E-state index is 12.5. The highest BCUT2D eigenvalue weighted by atomic mass is 32.2. The molecule has 0 fully saturated rings. The summed E-state index contributed by atoms with van der Waals surface area (Å²) in [5.41, 5.74) is 4.51. The highest BCUT2D eigenvalue weighted by Gasteiger charge is 2.16. The maximum Gasteiger partial charge on any atom is 0.251 e. The molecule has 0 aliphatic carbocycles. The number of allylic oxidation sites excluding steroid dienone is 1. The fraction of sp³-hybridized carbons (Fsp3) is 0.250. The van der Waals surface area contributed by atoms with Gasteiger partial charge in [0, 0.05) is 17.8 Å². The number of rotatable bonds is 9. The Kier molecular flexibility index (Phi) is 7.83. The Bertz CT molecular complexity index is 1140. The van der Waals surface area contributed by atoms with Crippen LogP contribution in [0.5, 0.6) is 0 Å². The quantitative estimate of drug-likeness (QED) is 0.380. The van der Waals surface area contributed by atoms with Crippen molar-refractivity contribution in [3.05, 3.63) is 83.2 Å². The molecule has 0 bridgehead atoms. The summed E-state index contributed by atoms with van der Waals surface area (Å²) >= 11 is 1.30. The van der Waals surface area contributed by atoms with Crippen LogP contribution in [0, 0.1) is 20.8 Å². The molecule has 3 aromatic rings. The van der Waals surface area contributed by atoms with Crippen LogP contribution < -0.4 is 10.6 Å². The molecule has 0 radical (unpaired) electrons. The number of nitrogens with zero attached hydrogens (tertiary/aromatic N) is 3. The molecule has 0 atom stereocenters. The minimum atomic E-state index is -0.168. The molecule has 32 heavy (non-hydrogen) atoms. The molecule has 2 amide bonds. The topological polar surface area (TPSA) is 88.9 Å². The summed E-state index contributed by atoms with van der Waals surface area (Å²) in [6, 6.07) is 13.2. The van der Waals surface area contributed by atoms with Crippen LogP contribution in [0.2, 0.25) is 0 Å². The zero-order chi connectivity index (χ0) is 23.1. The fourth-order valence-electron chi connectivity index (χ4n) is 3.15. The molecule has 0 spiro atoms. The van der Waals surface area contributed by atoms with E-state index in [0.29, 0.717) is 23.1 Å². The van der Waals surface area contributed by atoms with Crippen molar-refractivity contribution < 1.29 is 9.59 Å². The van der Waals surface area contributed by atoms with Crippen LogP contribution in [-0.4, -0.2) is 32.3 Å². The Labute approximate surface area is 192 Å². The van der Waals surface area contributed by atoms with E-state index < -0.39 is 0 Å². The molecule has 166 valence electrons. The number of carbonyl (C=O) groups excluding carboxylic acids is 2. The molecule has 2 N–H and O–H groups in total. The normalized spacial score (nSPS) is 10.6. The second kappa shape index (κ2) is 10.8. The van der Waals surface area contributed by atoms with E-state index in [4.69, 9.17) is 0 Å². The van der Waals surface area contributed by atoms with Gasteiger partial charge in [-0.15, -0.1) is 16.8 Å². The lowest BCUT2D eigenvalue weighted by atomic mass is 10.1. The van der Waals surface area contributed by atoms with E-state index >= 15 is 0 Å². The van der Waals surface area contributed by atoms with E-state index in [1.807, 2.05) is 61.7 Å². The molecular formula is C24H27N5O2S. The molecular weight excluding hydrogens is 422 g/mol. The predicted molar refractivity (Wildman–Crippen MR) is 128 cm³/mol. The fourth-order valence-corrected chi connectivity index (χ4v) is 3.92. The molecule has 3 rings (SSSR count). The molecule has 0 saturated carbocycles. The van der Waals surface area contributed by atoms with Crippen molar-refractivity contribution in [3.63, 3.8) is 0 Å². The van der Waals surface area contributed by atoms with Crippen LogP contribution in [0.4, 0.5) is 5.69 Å². The molecule has 0 aliphatic heterocycles. The highest BCUT2D eigenvalue weighted by Crippen LogP contribution is 2.21. The Hall–Kier alpha value is -3.39. The zero-order valence-corrected chi connectivity index (χ0v) is 19.3. The summed E-state index contributed by atoms with van der Waals surface area (Å²) < 4.78 is 1.85. The largest absolute Gasteiger partial charge is 0.345 e. The Morgan fingerprint density at radius 1 is 1.06 bits per heavy atom. The predicted octanol–water partition coefficient (Wildman–Crippen LogP) is 4.05. The smallest absolute Gasteiger partial charge is 0.251 e. The molecule has 7 nitrogen and oxygen atoms in total. The molecule has 1 heterocycles. The molecule has 1 aromatic heterocycles. The number of aromatic nitrogens is 3. The van der Waals surface area contributed by atoms with Crippen LogP contribution in [0.25, 0.3) is 0 Å². The van der Waals surface area contributed by atoms with E-state index in [2.05, 4.69) is 27.4 Å². The van der Waals surface area contributed by atoms with Crippen LogP contribution in [-0.2, 0) is 17.9 Å². The number of hydrogen-bond acceptors (Lipinski definition) is 5. The number of anilines is 1. The van der Waals surface area contributed by atoms with Crippen LogP contribution in [0.1, 0.15) is 32.9 Å². The lowest BCUT2D eigenvalue weighted by Gasteiger charge is -2.11. The van der Waals surface area contributed by atoms with Gasteiger partial charge in [-0.05, 0) is 49.6 Å². The monoisotopic (exact) mass is 449 g/mol. The lowest BCUT2D eigenvalue weighted by Crippen LogP contribution is -2.25. The number of hydrogen-bond donors (Lipinski definition) is 2. The number of nitrogens with one attached hydrogen (secondary N) is 2. The molecule has 0 unspecified atom stereocenters. The average molecular weight is 450 g/mol. The van der Waals surface area contributed by atoms with Crippen LogP contribution in [0.15, 0.2) is 60.3 Å². The van der Waals surface area contributed by atoms with Crippen molar-refractivity contribution in [1.29, 1.82) is 0 Å². The van der Waals surface area contributed by atoms with Crippen molar-refractivity contribution >= 4 is 29.3 Å². The van der Waals surface area contributed by atoms with Gasteiger partial charge in [-0.2, -0.15) is 0 Å². The second-order valence-electron chi connectivity index (χ2n) is 7.38. The van der Waals surface area contributed by atoms with Crippen LogP contribution >= 0.6 is 11.8 Å². The summed E-state index contributed by atoms with van der Waals surface area (Å²) in [7, 11) is 0. The first-order chi connectivity index (χ1) is 15.4. The average Bonchev–Trinajstić information content (AvgIpc) is 3.16. The van der Waals surface area contributed by atoms with Gasteiger partial charge in [-0.1, -0.05) is 48.2 Å². The van der Waals surface area contributed by atoms with E-state index in [0.717, 1.165) is 22.4 Å². The van der Waals surface area contributed by atoms with Gasteiger partial charge >= 0.3 is 0 Å². The summed E-state index contributed by atoms with van der Waals surface area (Å²) in [4.78, 5) is 25.0. The van der Waals surface area contributed by atoms with Crippen LogP contribution in [0.3, 0.4) is 0 Å². The Morgan fingerprint density at radius 2 is 1.81 bits per heavy atom. The van der Waals surface area contributed by atoms with Crippen molar-refractivity contribution in [2.75, 3.05) is 11.1 Å². The number of carbonyl (C=O) groups is 2. The first-order valence-corrected chi connectivity index (χ1v) is 11.2. The second-order valence-corrected chi connectivity index (χ2v) is 8.32. The molecule has 2 aromatic carbocycles. The maximum atomic E-state index is 12.5. The summed E-state index contributed by atoms with van der Waals surface area (Å²) in [5.74, 6) is 0.506. The van der Waals surface area contributed by atoms with Crippen molar-refractivity contribution in [3.8, 4) is 0 Å². The van der Waals surface area contributed by atoms with Gasteiger partial charge in [0.15, 0.2) is 11.0 Å². The molecule has 0 saturated heterocycles. The third kappa shape index (κ3) is 5.64. The number of aryl methyl sites for hydroxylation is 2. The summed E-state index contributed by atoms with van der Waals surface area (Å²) in [6.07, 6.45) is 1.73. The molecule has 0 aliphatic rings. The standard InChI is InChI=1S/C24H27N5O2S/c1-5-13-29-21(14-25-23(31)19-11-7-6-9-17(19)3)27-28-24(29)32-15-22(30)26-20-12-8-10-16(2)18(20)4/h5-12H,1,13-15H2,2-4H3,(H,25,31)(H,26,30). The number of thioether (sulfide) groups is 1. The number of amides is 2. The van der Waals surface area contributed by atoms with E-state index in [1.165, 1.54) is 11.8 Å². The first kappa shape index (κ1) is 23.3. The zero-order valence-electron chi connectivity index (χ0n) is 18.5. The highest BCUT2D eigenvalue weighted by molar-refractivity contribution is 7.99. The van der Waals surface area contributed by atoms with Gasteiger partial charge in [0.25, 0.3) is 5.91 Å². The third-order valence-corrected chi connectivity index (χ3v) is 6.08. The Balaban J connectivity index is 1.63. The number of benzene rings is 2. The van der Waals surface area contributed by atoms with E-state index in [1.54, 1.807) is 12.1 Å². The van der Waals surface area contributed by atoms with Gasteiger partial charge in [0.2, 0.25) is 5.91 Å². The van der Waals surface area contributed by atoms with Gasteiger partial charge in [-0.25, -0.2) is 0 Å². The first-order valence-electron chi connectivity index (χ1n) is 10.3. The minimum Gasteiger partial charge on any atom is -0.345 e.